The second-order valence-corrected chi connectivity index (χ2v) is 7.57. The van der Waals surface area contributed by atoms with Gasteiger partial charge in [0.2, 0.25) is 0 Å². The summed E-state index contributed by atoms with van der Waals surface area (Å²) in [7, 11) is 0. The molecule has 0 amide bonds. The molecule has 0 fully saturated rings. The molecule has 1 heterocycles. The molecule has 2 rings (SSSR count). The maximum absolute atomic E-state index is 9.70. The maximum atomic E-state index is 9.70. The number of hydrogen-bond donors (Lipinski definition) is 1. The van der Waals surface area contributed by atoms with Crippen LogP contribution in [-0.4, -0.2) is 35.5 Å². The van der Waals surface area contributed by atoms with Crippen LogP contribution in [-0.2, 0) is 10.5 Å². The van der Waals surface area contributed by atoms with Crippen LogP contribution in [0.15, 0.2) is 59.1 Å². The zero-order chi connectivity index (χ0) is 20.7. The van der Waals surface area contributed by atoms with Gasteiger partial charge in [0.1, 0.15) is 17.2 Å². The summed E-state index contributed by atoms with van der Waals surface area (Å²) in [6.45, 7) is 5.07. The smallest absolute Gasteiger partial charge is 0.154 e. The average Bonchev–Trinajstić information content (AvgIpc) is 3.21. The number of aromatic nitrogens is 1. The van der Waals surface area contributed by atoms with Gasteiger partial charge in [-0.3, -0.25) is 0 Å². The predicted molar refractivity (Wildman–Crippen MR) is 119 cm³/mol. The lowest BCUT2D eigenvalue weighted by molar-refractivity contribution is -0.0936. The summed E-state index contributed by atoms with van der Waals surface area (Å²) in [6.07, 6.45) is 7.78. The first-order valence-electron chi connectivity index (χ1n) is 10.1. The number of rotatable bonds is 14. The number of unbranched alkanes of at least 4 members (excludes halogenated alkanes) is 1. The van der Waals surface area contributed by atoms with E-state index in [1.54, 1.807) is 11.8 Å². The zero-order valence-corrected chi connectivity index (χ0v) is 18.1. The van der Waals surface area contributed by atoms with Gasteiger partial charge >= 0.3 is 0 Å². The first-order valence-corrected chi connectivity index (χ1v) is 11.2. The van der Waals surface area contributed by atoms with Gasteiger partial charge in [0.05, 0.1) is 19.0 Å². The number of para-hydroxylation sites is 1. The van der Waals surface area contributed by atoms with E-state index in [1.165, 1.54) is 0 Å². The standard InChI is InChI=1S/C23H31NO4S/c1-3-5-13-23(25)27-14-9-10-19(4-2)22-17-21(28-24-22)18-29-16-15-26-20-11-7-6-8-12-20/h4,6-12,17,23,25H,3,5,13-16,18H2,1-2H3/b10-9-,19-4+. The normalized spacial score (nSPS) is 13.1. The molecule has 29 heavy (non-hydrogen) atoms. The molecule has 6 heteroatoms. The van der Waals surface area contributed by atoms with Gasteiger partial charge in [-0.2, -0.15) is 11.8 Å². The van der Waals surface area contributed by atoms with Crippen LogP contribution in [0, 0.1) is 0 Å². The maximum Gasteiger partial charge on any atom is 0.154 e. The van der Waals surface area contributed by atoms with E-state index < -0.39 is 6.29 Å². The van der Waals surface area contributed by atoms with Crippen molar-refractivity contribution in [2.75, 3.05) is 19.0 Å². The number of thioether (sulfide) groups is 1. The highest BCUT2D eigenvalue weighted by Crippen LogP contribution is 2.20. The molecule has 0 saturated carbocycles. The Hall–Kier alpha value is -2.02. The molecule has 0 spiro atoms. The minimum atomic E-state index is -0.699. The molecule has 1 unspecified atom stereocenters. The van der Waals surface area contributed by atoms with Gasteiger partial charge in [-0.05, 0) is 37.5 Å². The average molecular weight is 418 g/mol. The fourth-order valence-electron chi connectivity index (χ4n) is 2.56. The third-order valence-corrected chi connectivity index (χ3v) is 5.08. The number of aliphatic hydroxyl groups is 1. The summed E-state index contributed by atoms with van der Waals surface area (Å²) >= 11 is 1.75. The van der Waals surface area contributed by atoms with Crippen molar-refractivity contribution in [3.05, 3.63) is 66.1 Å². The Bertz CT molecular complexity index is 742. The molecule has 5 nitrogen and oxygen atoms in total. The van der Waals surface area contributed by atoms with Crippen LogP contribution >= 0.6 is 11.8 Å². The number of nitrogens with zero attached hydrogens (tertiary/aromatic N) is 1. The van der Waals surface area contributed by atoms with Gasteiger partial charge in [-0.25, -0.2) is 0 Å². The summed E-state index contributed by atoms with van der Waals surface area (Å²) in [5.41, 5.74) is 1.76. The van der Waals surface area contributed by atoms with Crippen molar-refractivity contribution in [3.63, 3.8) is 0 Å². The second-order valence-electron chi connectivity index (χ2n) is 6.47. The van der Waals surface area contributed by atoms with Gasteiger partial charge in [0.15, 0.2) is 6.29 Å². The van der Waals surface area contributed by atoms with Crippen molar-refractivity contribution < 1.29 is 19.1 Å². The molecule has 1 aromatic carbocycles. The van der Waals surface area contributed by atoms with E-state index in [-0.39, 0.29) is 0 Å². The number of allylic oxidation sites excluding steroid dienone is 3. The van der Waals surface area contributed by atoms with Crippen molar-refractivity contribution in [1.82, 2.24) is 5.16 Å². The van der Waals surface area contributed by atoms with Gasteiger partial charge < -0.3 is 19.1 Å². The van der Waals surface area contributed by atoms with E-state index in [0.717, 1.165) is 47.1 Å². The summed E-state index contributed by atoms with van der Waals surface area (Å²) in [6, 6.07) is 11.8. The highest BCUT2D eigenvalue weighted by Gasteiger charge is 2.07. The minimum Gasteiger partial charge on any atom is -0.493 e. The molecule has 0 aliphatic rings. The third kappa shape index (κ3) is 9.35. The van der Waals surface area contributed by atoms with Crippen LogP contribution in [0.2, 0.25) is 0 Å². The molecule has 2 aromatic rings. The quantitative estimate of drug-likeness (QED) is 0.250. The van der Waals surface area contributed by atoms with Crippen molar-refractivity contribution in [1.29, 1.82) is 0 Å². The van der Waals surface area contributed by atoms with Crippen LogP contribution in [0.4, 0.5) is 0 Å². The first kappa shape index (κ1) is 23.3. The molecule has 1 aromatic heterocycles. The number of aliphatic hydroxyl groups excluding tert-OH is 1. The van der Waals surface area contributed by atoms with E-state index in [4.69, 9.17) is 14.0 Å². The van der Waals surface area contributed by atoms with Crippen molar-refractivity contribution >= 4 is 17.3 Å². The number of ether oxygens (including phenoxy) is 2. The van der Waals surface area contributed by atoms with Crippen molar-refractivity contribution in [2.24, 2.45) is 0 Å². The van der Waals surface area contributed by atoms with Crippen LogP contribution < -0.4 is 4.74 Å². The van der Waals surface area contributed by atoms with Gasteiger partial charge in [0, 0.05) is 11.8 Å². The van der Waals surface area contributed by atoms with Crippen LogP contribution in [0.3, 0.4) is 0 Å². The van der Waals surface area contributed by atoms with E-state index in [0.29, 0.717) is 19.6 Å². The first-order chi connectivity index (χ1) is 14.2. The second kappa shape index (κ2) is 14.0. The fraction of sp³-hybridized carbons (Fsp3) is 0.435. The summed E-state index contributed by atoms with van der Waals surface area (Å²) in [5, 5.41) is 13.9. The van der Waals surface area contributed by atoms with E-state index in [2.05, 4.69) is 12.1 Å². The molecule has 1 atom stereocenters. The lowest BCUT2D eigenvalue weighted by Crippen LogP contribution is -2.11. The zero-order valence-electron chi connectivity index (χ0n) is 17.3. The van der Waals surface area contributed by atoms with E-state index in [9.17, 15) is 5.11 Å². The predicted octanol–water partition coefficient (Wildman–Crippen LogP) is 5.47. The largest absolute Gasteiger partial charge is 0.493 e. The SMILES string of the molecule is C/C=C(\C=C/COC(O)CCCC)c1cc(CSCCOc2ccccc2)on1. The highest BCUT2D eigenvalue weighted by molar-refractivity contribution is 7.98. The van der Waals surface area contributed by atoms with Crippen LogP contribution in [0.25, 0.3) is 5.57 Å². The lowest BCUT2D eigenvalue weighted by atomic mass is 10.1. The summed E-state index contributed by atoms with van der Waals surface area (Å²) < 4.78 is 16.5. The molecule has 0 aliphatic heterocycles. The third-order valence-electron chi connectivity index (χ3n) is 4.14. The molecule has 0 bridgehead atoms. The lowest BCUT2D eigenvalue weighted by Gasteiger charge is -2.09. The Labute approximate surface area is 177 Å². The topological polar surface area (TPSA) is 64.7 Å². The Kier molecular flexibility index (Phi) is 11.3. The Morgan fingerprint density at radius 2 is 2.14 bits per heavy atom. The monoisotopic (exact) mass is 417 g/mol. The van der Waals surface area contributed by atoms with Gasteiger partial charge in [-0.1, -0.05) is 54.9 Å². The number of benzene rings is 1. The van der Waals surface area contributed by atoms with E-state index >= 15 is 0 Å². The molecule has 0 radical (unpaired) electrons. The van der Waals surface area contributed by atoms with Crippen LogP contribution in [0.5, 0.6) is 5.75 Å². The Morgan fingerprint density at radius 3 is 2.90 bits per heavy atom. The van der Waals surface area contributed by atoms with Crippen molar-refractivity contribution in [3.8, 4) is 5.75 Å². The summed E-state index contributed by atoms with van der Waals surface area (Å²) in [4.78, 5) is 0. The molecule has 158 valence electrons. The van der Waals surface area contributed by atoms with E-state index in [1.807, 2.05) is 61.5 Å². The highest BCUT2D eigenvalue weighted by atomic mass is 32.2. The molecule has 0 aliphatic carbocycles. The Balaban J connectivity index is 1.69. The number of hydrogen-bond acceptors (Lipinski definition) is 6. The molecular weight excluding hydrogens is 386 g/mol. The van der Waals surface area contributed by atoms with Gasteiger partial charge in [-0.15, -0.1) is 0 Å². The fourth-order valence-corrected chi connectivity index (χ4v) is 3.24. The molecular formula is C23H31NO4S. The molecule has 0 saturated heterocycles. The molecule has 1 N–H and O–H groups in total. The van der Waals surface area contributed by atoms with Gasteiger partial charge in [0.25, 0.3) is 0 Å². The van der Waals surface area contributed by atoms with Crippen LogP contribution in [0.1, 0.15) is 44.6 Å². The minimum absolute atomic E-state index is 0.365. The summed E-state index contributed by atoms with van der Waals surface area (Å²) in [5.74, 6) is 3.35. The Morgan fingerprint density at radius 1 is 1.31 bits per heavy atom. The van der Waals surface area contributed by atoms with Crippen molar-refractivity contribution in [2.45, 2.75) is 45.2 Å².